The molecule has 1 aromatic carbocycles. The largest absolute Gasteiger partial charge is 0.216 e. The van der Waals surface area contributed by atoms with Crippen molar-refractivity contribution in [3.63, 3.8) is 0 Å². The first kappa shape index (κ1) is 13.0. The van der Waals surface area contributed by atoms with Crippen molar-refractivity contribution in [1.29, 1.82) is 0 Å². The van der Waals surface area contributed by atoms with Gasteiger partial charge in [-0.2, -0.15) is 4.37 Å². The number of benzene rings is 1. The van der Waals surface area contributed by atoms with Gasteiger partial charge in [0.25, 0.3) is 0 Å². The van der Waals surface area contributed by atoms with E-state index in [0.29, 0.717) is 5.92 Å². The summed E-state index contributed by atoms with van der Waals surface area (Å²) in [4.78, 5) is 9.07. The van der Waals surface area contributed by atoms with Crippen LogP contribution in [0.4, 0.5) is 0 Å². The summed E-state index contributed by atoms with van der Waals surface area (Å²) in [5.41, 5.74) is 1.06. The lowest BCUT2D eigenvalue weighted by Gasteiger charge is -2.03. The lowest BCUT2D eigenvalue weighted by Crippen LogP contribution is -2.01. The summed E-state index contributed by atoms with van der Waals surface area (Å²) >= 11 is 2.88. The van der Waals surface area contributed by atoms with Gasteiger partial charge in [0.1, 0.15) is 11.6 Å². The van der Waals surface area contributed by atoms with Gasteiger partial charge in [0.05, 0.1) is 5.69 Å². The Morgan fingerprint density at radius 2 is 2.00 bits per heavy atom. The Bertz CT molecular complexity index is 761. The lowest BCUT2D eigenvalue weighted by atomic mass is 10.3. The average molecular weight is 315 g/mol. The number of rotatable bonds is 4. The van der Waals surface area contributed by atoms with Gasteiger partial charge in [-0.3, -0.25) is 0 Å². The highest BCUT2D eigenvalue weighted by Gasteiger charge is 2.30. The van der Waals surface area contributed by atoms with Gasteiger partial charge in [-0.1, -0.05) is 18.2 Å². The fourth-order valence-corrected chi connectivity index (χ4v) is 3.61. The Labute approximate surface area is 130 Å². The Morgan fingerprint density at radius 3 is 2.67 bits per heavy atom. The topological polar surface area (TPSA) is 56.5 Å². The molecule has 106 valence electrons. The van der Waals surface area contributed by atoms with Crippen LogP contribution in [-0.2, 0) is 0 Å². The Morgan fingerprint density at radius 1 is 1.19 bits per heavy atom. The minimum atomic E-state index is 0.545. The third-order valence-electron chi connectivity index (χ3n) is 3.24. The van der Waals surface area contributed by atoms with E-state index in [1.54, 1.807) is 0 Å². The van der Waals surface area contributed by atoms with Crippen LogP contribution in [0.25, 0.3) is 5.69 Å². The van der Waals surface area contributed by atoms with Gasteiger partial charge in [-0.15, -0.1) is 5.10 Å². The highest BCUT2D eigenvalue weighted by molar-refractivity contribution is 8.00. The predicted molar refractivity (Wildman–Crippen MR) is 82.1 cm³/mol. The predicted octanol–water partition coefficient (Wildman–Crippen LogP) is 3.46. The monoisotopic (exact) mass is 315 g/mol. The average Bonchev–Trinajstić information content (AvgIpc) is 3.15. The SMILES string of the molecule is Cc1nsc(Sc2nc(C3CC3)n(-c3ccccc3)n2)n1. The van der Waals surface area contributed by atoms with Gasteiger partial charge >= 0.3 is 0 Å². The van der Waals surface area contributed by atoms with E-state index in [1.165, 1.54) is 36.1 Å². The maximum Gasteiger partial charge on any atom is 0.216 e. The van der Waals surface area contributed by atoms with E-state index in [-0.39, 0.29) is 0 Å². The van der Waals surface area contributed by atoms with E-state index < -0.39 is 0 Å². The number of aromatic nitrogens is 5. The van der Waals surface area contributed by atoms with Gasteiger partial charge in [0.2, 0.25) is 5.16 Å². The summed E-state index contributed by atoms with van der Waals surface area (Å²) < 4.78 is 7.05. The normalized spacial score (nSPS) is 14.5. The zero-order chi connectivity index (χ0) is 14.2. The highest BCUT2D eigenvalue weighted by Crippen LogP contribution is 2.41. The summed E-state index contributed by atoms with van der Waals surface area (Å²) in [6.07, 6.45) is 2.40. The van der Waals surface area contributed by atoms with E-state index in [1.807, 2.05) is 29.8 Å². The summed E-state index contributed by atoms with van der Waals surface area (Å²) in [5.74, 6) is 2.40. The van der Waals surface area contributed by atoms with Gasteiger partial charge in [-0.25, -0.2) is 14.6 Å². The maximum absolute atomic E-state index is 4.71. The molecule has 2 aromatic heterocycles. The summed E-state index contributed by atoms with van der Waals surface area (Å²) in [6, 6.07) is 10.2. The lowest BCUT2D eigenvalue weighted by molar-refractivity contribution is 0.782. The van der Waals surface area contributed by atoms with Crippen molar-refractivity contribution in [2.24, 2.45) is 0 Å². The van der Waals surface area contributed by atoms with Crippen LogP contribution in [0, 0.1) is 6.92 Å². The summed E-state index contributed by atoms with van der Waals surface area (Å²) in [5, 5.41) is 5.40. The molecule has 0 radical (unpaired) electrons. The van der Waals surface area contributed by atoms with Crippen molar-refractivity contribution in [2.75, 3.05) is 0 Å². The Kier molecular flexibility index (Phi) is 3.23. The summed E-state index contributed by atoms with van der Waals surface area (Å²) in [7, 11) is 0. The standard InChI is InChI=1S/C14H13N5S2/c1-9-15-14(21-18-9)20-13-16-12(10-7-8-10)19(17-13)11-5-3-2-4-6-11/h2-6,10H,7-8H2,1H3. The fraction of sp³-hybridized carbons (Fsp3) is 0.286. The zero-order valence-electron chi connectivity index (χ0n) is 11.4. The molecule has 1 saturated carbocycles. The molecule has 0 spiro atoms. The molecule has 21 heavy (non-hydrogen) atoms. The molecule has 0 saturated heterocycles. The molecule has 7 heteroatoms. The second kappa shape index (κ2) is 5.23. The molecule has 0 unspecified atom stereocenters. The first-order chi connectivity index (χ1) is 10.3. The van der Waals surface area contributed by atoms with Gasteiger partial charge in [0, 0.05) is 5.92 Å². The van der Waals surface area contributed by atoms with Crippen molar-refractivity contribution in [3.8, 4) is 5.69 Å². The number of aryl methyl sites for hydroxylation is 1. The molecular weight excluding hydrogens is 302 g/mol. The first-order valence-corrected chi connectivity index (χ1v) is 8.39. The number of para-hydroxylation sites is 1. The minimum Gasteiger partial charge on any atom is -0.216 e. The summed E-state index contributed by atoms with van der Waals surface area (Å²) in [6.45, 7) is 1.90. The molecule has 1 fully saturated rings. The fourth-order valence-electron chi connectivity index (χ4n) is 2.11. The van der Waals surface area contributed by atoms with Crippen LogP contribution in [0.2, 0.25) is 0 Å². The van der Waals surface area contributed by atoms with Gasteiger partial charge < -0.3 is 0 Å². The molecule has 0 atom stereocenters. The van der Waals surface area contributed by atoms with Crippen LogP contribution < -0.4 is 0 Å². The smallest absolute Gasteiger partial charge is 0.216 e. The van der Waals surface area contributed by atoms with E-state index in [2.05, 4.69) is 26.6 Å². The van der Waals surface area contributed by atoms with E-state index >= 15 is 0 Å². The van der Waals surface area contributed by atoms with Crippen LogP contribution in [0.15, 0.2) is 39.8 Å². The van der Waals surface area contributed by atoms with Crippen LogP contribution in [0.1, 0.15) is 30.4 Å². The van der Waals surface area contributed by atoms with Crippen molar-refractivity contribution >= 4 is 23.3 Å². The van der Waals surface area contributed by atoms with Crippen LogP contribution in [0.5, 0.6) is 0 Å². The molecule has 1 aliphatic carbocycles. The van der Waals surface area contributed by atoms with Crippen molar-refractivity contribution in [1.82, 2.24) is 24.1 Å². The molecule has 0 N–H and O–H groups in total. The Hall–Kier alpha value is -1.73. The molecule has 5 nitrogen and oxygen atoms in total. The maximum atomic E-state index is 4.71. The third-order valence-corrected chi connectivity index (χ3v) is 4.94. The van der Waals surface area contributed by atoms with Crippen LogP contribution in [0.3, 0.4) is 0 Å². The molecule has 0 aliphatic heterocycles. The van der Waals surface area contributed by atoms with E-state index in [4.69, 9.17) is 4.98 Å². The molecule has 0 bridgehead atoms. The van der Waals surface area contributed by atoms with Crippen molar-refractivity contribution < 1.29 is 0 Å². The number of hydrogen-bond acceptors (Lipinski definition) is 6. The third kappa shape index (κ3) is 2.71. The second-order valence-corrected chi connectivity index (χ2v) is 6.95. The molecule has 1 aliphatic rings. The molecular formula is C14H13N5S2. The Balaban J connectivity index is 1.70. The quantitative estimate of drug-likeness (QED) is 0.738. The zero-order valence-corrected chi connectivity index (χ0v) is 13.1. The van der Waals surface area contributed by atoms with E-state index in [0.717, 1.165) is 26.8 Å². The minimum absolute atomic E-state index is 0.545. The van der Waals surface area contributed by atoms with Crippen molar-refractivity contribution in [3.05, 3.63) is 42.0 Å². The van der Waals surface area contributed by atoms with Gasteiger partial charge in [0.15, 0.2) is 4.34 Å². The van der Waals surface area contributed by atoms with E-state index in [9.17, 15) is 0 Å². The van der Waals surface area contributed by atoms with Gasteiger partial charge in [-0.05, 0) is 55.2 Å². The number of nitrogens with zero attached hydrogens (tertiary/aromatic N) is 5. The van der Waals surface area contributed by atoms with Crippen LogP contribution >= 0.6 is 23.3 Å². The molecule has 2 heterocycles. The molecule has 4 rings (SSSR count). The number of hydrogen-bond donors (Lipinski definition) is 0. The molecule has 0 amide bonds. The van der Waals surface area contributed by atoms with Crippen molar-refractivity contribution in [2.45, 2.75) is 35.2 Å². The first-order valence-electron chi connectivity index (χ1n) is 6.80. The second-order valence-electron chi connectivity index (χ2n) is 4.98. The van der Waals surface area contributed by atoms with Crippen LogP contribution in [-0.4, -0.2) is 24.1 Å². The highest BCUT2D eigenvalue weighted by atomic mass is 32.2. The molecule has 3 aromatic rings.